The summed E-state index contributed by atoms with van der Waals surface area (Å²) in [6.07, 6.45) is 12.6. The molecule has 1 aromatic carbocycles. The number of benzene rings is 1. The molecule has 0 aliphatic heterocycles. The fourth-order valence-electron chi connectivity index (χ4n) is 5.70. The van der Waals surface area contributed by atoms with Gasteiger partial charge in [0.05, 0.1) is 0 Å². The van der Waals surface area contributed by atoms with E-state index in [1.807, 2.05) is 0 Å². The van der Waals surface area contributed by atoms with Crippen molar-refractivity contribution in [2.45, 2.75) is 128 Å². The van der Waals surface area contributed by atoms with E-state index in [4.69, 9.17) is 0 Å². The second-order valence-corrected chi connectivity index (χ2v) is 11.2. The summed E-state index contributed by atoms with van der Waals surface area (Å²) in [5, 5.41) is 0. The van der Waals surface area contributed by atoms with Crippen molar-refractivity contribution in [3.8, 4) is 0 Å². The van der Waals surface area contributed by atoms with Crippen LogP contribution in [0.3, 0.4) is 0 Å². The van der Waals surface area contributed by atoms with E-state index in [2.05, 4.69) is 70.7 Å². The van der Waals surface area contributed by atoms with Crippen LogP contribution in [0, 0.1) is 0 Å². The highest BCUT2D eigenvalue weighted by molar-refractivity contribution is 5.29. The van der Waals surface area contributed by atoms with Crippen LogP contribution in [0.4, 0.5) is 0 Å². The lowest BCUT2D eigenvalue weighted by Crippen LogP contribution is -2.55. The molecule has 2 aliphatic carbocycles. The Labute approximate surface area is 168 Å². The molecule has 1 nitrogen and oxygen atoms in total. The van der Waals surface area contributed by atoms with Crippen LogP contribution in [-0.2, 0) is 5.41 Å². The maximum absolute atomic E-state index is 2.94. The van der Waals surface area contributed by atoms with E-state index in [-0.39, 0.29) is 5.41 Å². The molecule has 0 amide bonds. The molecule has 0 N–H and O–H groups in total. The predicted octanol–water partition coefficient (Wildman–Crippen LogP) is 7.44. The fourth-order valence-corrected chi connectivity index (χ4v) is 5.70. The third-order valence-electron chi connectivity index (χ3n) is 7.08. The fraction of sp³-hybridized carbons (Fsp3) is 0.769. The van der Waals surface area contributed by atoms with E-state index >= 15 is 0 Å². The van der Waals surface area contributed by atoms with E-state index in [9.17, 15) is 0 Å². The van der Waals surface area contributed by atoms with E-state index in [0.29, 0.717) is 5.54 Å². The van der Waals surface area contributed by atoms with Crippen LogP contribution in [0.25, 0.3) is 0 Å². The SMILES string of the molecule is CC(C)(C)c1ccc([C@H]2CC[C@@H](N(C3CCCCC3)C(C)(C)C)CC2)cc1. The van der Waals surface area contributed by atoms with Crippen LogP contribution in [0.5, 0.6) is 0 Å². The lowest BCUT2D eigenvalue weighted by atomic mass is 9.78. The number of rotatable bonds is 3. The maximum atomic E-state index is 2.94. The average molecular weight is 370 g/mol. The Morgan fingerprint density at radius 2 is 1.19 bits per heavy atom. The summed E-state index contributed by atoms with van der Waals surface area (Å²) in [7, 11) is 0. The molecule has 0 aromatic heterocycles. The lowest BCUT2D eigenvalue weighted by molar-refractivity contribution is -0.000208. The highest BCUT2D eigenvalue weighted by Crippen LogP contribution is 2.40. The molecule has 2 fully saturated rings. The first kappa shape index (κ1) is 20.9. The summed E-state index contributed by atoms with van der Waals surface area (Å²) in [6, 6.07) is 11.2. The van der Waals surface area contributed by atoms with E-state index in [0.717, 1.165) is 18.0 Å². The van der Waals surface area contributed by atoms with Crippen molar-refractivity contribution in [2.24, 2.45) is 0 Å². The van der Waals surface area contributed by atoms with Gasteiger partial charge in [-0.25, -0.2) is 0 Å². The molecule has 0 bridgehead atoms. The molecule has 0 heterocycles. The molecule has 152 valence electrons. The zero-order valence-corrected chi connectivity index (χ0v) is 18.9. The predicted molar refractivity (Wildman–Crippen MR) is 119 cm³/mol. The van der Waals surface area contributed by atoms with Gasteiger partial charge in [0.25, 0.3) is 0 Å². The number of nitrogens with zero attached hydrogens (tertiary/aromatic N) is 1. The number of hydrogen-bond donors (Lipinski definition) is 0. The molecule has 1 aromatic rings. The first-order chi connectivity index (χ1) is 12.7. The number of hydrogen-bond acceptors (Lipinski definition) is 1. The molecule has 27 heavy (non-hydrogen) atoms. The first-order valence-electron chi connectivity index (χ1n) is 11.5. The molecule has 2 aliphatic rings. The summed E-state index contributed by atoms with van der Waals surface area (Å²) in [5.74, 6) is 0.767. The summed E-state index contributed by atoms with van der Waals surface area (Å²) in [5.41, 5.74) is 3.58. The van der Waals surface area contributed by atoms with Crippen LogP contribution in [0.15, 0.2) is 24.3 Å². The van der Waals surface area contributed by atoms with Gasteiger partial charge in [-0.05, 0) is 81.8 Å². The average Bonchev–Trinajstić information content (AvgIpc) is 2.62. The Morgan fingerprint density at radius 1 is 0.667 bits per heavy atom. The van der Waals surface area contributed by atoms with Gasteiger partial charge < -0.3 is 0 Å². The van der Waals surface area contributed by atoms with Crippen LogP contribution >= 0.6 is 0 Å². The summed E-state index contributed by atoms with van der Waals surface area (Å²) >= 11 is 0. The van der Waals surface area contributed by atoms with Crippen molar-refractivity contribution < 1.29 is 0 Å². The molecular weight excluding hydrogens is 326 g/mol. The molecule has 0 spiro atoms. The van der Waals surface area contributed by atoms with Gasteiger partial charge in [-0.1, -0.05) is 64.3 Å². The molecule has 2 saturated carbocycles. The summed E-state index contributed by atoms with van der Waals surface area (Å²) in [6.45, 7) is 14.2. The van der Waals surface area contributed by atoms with Gasteiger partial charge in [-0.2, -0.15) is 0 Å². The van der Waals surface area contributed by atoms with Crippen LogP contribution in [-0.4, -0.2) is 22.5 Å². The van der Waals surface area contributed by atoms with Crippen molar-refractivity contribution >= 4 is 0 Å². The van der Waals surface area contributed by atoms with Gasteiger partial charge in [0.1, 0.15) is 0 Å². The van der Waals surface area contributed by atoms with Gasteiger partial charge in [-0.3, -0.25) is 4.90 Å². The van der Waals surface area contributed by atoms with E-state index < -0.39 is 0 Å². The normalized spacial score (nSPS) is 25.7. The molecule has 0 saturated heterocycles. The van der Waals surface area contributed by atoms with Gasteiger partial charge in [-0.15, -0.1) is 0 Å². The zero-order valence-electron chi connectivity index (χ0n) is 18.9. The minimum atomic E-state index is 0.253. The Morgan fingerprint density at radius 3 is 1.67 bits per heavy atom. The van der Waals surface area contributed by atoms with Gasteiger partial charge in [0, 0.05) is 17.6 Å². The quantitative estimate of drug-likeness (QED) is 0.535. The summed E-state index contributed by atoms with van der Waals surface area (Å²) in [4.78, 5) is 2.94. The Kier molecular flexibility index (Phi) is 6.41. The highest BCUT2D eigenvalue weighted by atomic mass is 15.2. The minimum Gasteiger partial charge on any atom is -0.293 e. The van der Waals surface area contributed by atoms with Crippen LogP contribution in [0.2, 0.25) is 0 Å². The van der Waals surface area contributed by atoms with Crippen LogP contribution < -0.4 is 0 Å². The first-order valence-corrected chi connectivity index (χ1v) is 11.5. The largest absolute Gasteiger partial charge is 0.293 e. The van der Waals surface area contributed by atoms with Crippen molar-refractivity contribution in [2.75, 3.05) is 0 Å². The van der Waals surface area contributed by atoms with Gasteiger partial charge >= 0.3 is 0 Å². The molecular formula is C26H43N. The molecule has 3 rings (SSSR count). The van der Waals surface area contributed by atoms with Crippen molar-refractivity contribution in [3.63, 3.8) is 0 Å². The maximum Gasteiger partial charge on any atom is 0.0130 e. The van der Waals surface area contributed by atoms with E-state index in [1.165, 1.54) is 63.4 Å². The highest BCUT2D eigenvalue weighted by Gasteiger charge is 2.37. The van der Waals surface area contributed by atoms with Crippen LogP contribution in [0.1, 0.15) is 116 Å². The Hall–Kier alpha value is -0.820. The van der Waals surface area contributed by atoms with Gasteiger partial charge in [0.2, 0.25) is 0 Å². The molecule has 0 unspecified atom stereocenters. The lowest BCUT2D eigenvalue weighted by Gasteiger charge is -2.50. The second kappa shape index (κ2) is 8.27. The second-order valence-electron chi connectivity index (χ2n) is 11.2. The Balaban J connectivity index is 1.64. The Bertz CT molecular complexity index is 572. The topological polar surface area (TPSA) is 3.24 Å². The minimum absolute atomic E-state index is 0.253. The third-order valence-corrected chi connectivity index (χ3v) is 7.08. The van der Waals surface area contributed by atoms with Gasteiger partial charge in [0.15, 0.2) is 0 Å². The summed E-state index contributed by atoms with van der Waals surface area (Å²) < 4.78 is 0. The van der Waals surface area contributed by atoms with Crippen molar-refractivity contribution in [3.05, 3.63) is 35.4 Å². The molecule has 0 radical (unpaired) electrons. The molecule has 1 heteroatoms. The van der Waals surface area contributed by atoms with Crippen molar-refractivity contribution in [1.29, 1.82) is 0 Å². The molecule has 0 atom stereocenters. The third kappa shape index (κ3) is 5.17. The zero-order chi connectivity index (χ0) is 19.7. The standard InChI is InChI=1S/C26H43N/c1-25(2,3)22-16-12-20(13-17-22)21-14-18-24(19-15-21)27(26(4,5)6)23-10-8-7-9-11-23/h12-13,16-17,21,23-24H,7-11,14-15,18-19H2,1-6H3/t21-,24+. The van der Waals surface area contributed by atoms with Crippen molar-refractivity contribution in [1.82, 2.24) is 4.90 Å². The monoisotopic (exact) mass is 369 g/mol. The van der Waals surface area contributed by atoms with E-state index in [1.54, 1.807) is 5.56 Å². The smallest absolute Gasteiger partial charge is 0.0130 e.